The second-order valence-corrected chi connectivity index (χ2v) is 6.82. The quantitative estimate of drug-likeness (QED) is 0.853. The average molecular weight is 367 g/mol. The monoisotopic (exact) mass is 366 g/mol. The molecule has 1 fully saturated rings. The van der Waals surface area contributed by atoms with Crippen LogP contribution in [-0.4, -0.2) is 42.2 Å². The zero-order valence-electron chi connectivity index (χ0n) is 13.1. The van der Waals surface area contributed by atoms with Gasteiger partial charge in [0.25, 0.3) is 0 Å². The lowest BCUT2D eigenvalue weighted by Crippen LogP contribution is -2.35. The highest BCUT2D eigenvalue weighted by atomic mass is 35.5. The Morgan fingerprint density at radius 3 is 3.00 bits per heavy atom. The fraction of sp³-hybridized carbons (Fsp3) is 0.375. The van der Waals surface area contributed by atoms with Gasteiger partial charge in [-0.05, 0) is 18.2 Å². The van der Waals surface area contributed by atoms with Crippen molar-refractivity contribution >= 4 is 34.7 Å². The number of anilines is 1. The molecule has 24 heavy (non-hydrogen) atoms. The molecular formula is C16H19ClN4O2S. The minimum Gasteiger partial charge on any atom is -0.379 e. The number of aromatic nitrogens is 1. The fourth-order valence-electron chi connectivity index (χ4n) is 2.39. The van der Waals surface area contributed by atoms with Gasteiger partial charge in [0, 0.05) is 35.7 Å². The zero-order valence-corrected chi connectivity index (χ0v) is 14.7. The number of rotatable bonds is 5. The molecule has 0 atom stereocenters. The molecule has 1 aliphatic rings. The average Bonchev–Trinajstić information content (AvgIpc) is 3.01. The normalized spacial score (nSPS) is 15.2. The van der Waals surface area contributed by atoms with E-state index in [0.717, 1.165) is 43.5 Å². The van der Waals surface area contributed by atoms with Crippen molar-refractivity contribution in [1.82, 2.24) is 15.2 Å². The lowest BCUT2D eigenvalue weighted by Gasteiger charge is -2.25. The summed E-state index contributed by atoms with van der Waals surface area (Å²) in [6.45, 7) is 4.67. The molecule has 1 aromatic heterocycles. The first-order valence-electron chi connectivity index (χ1n) is 7.73. The van der Waals surface area contributed by atoms with Crippen LogP contribution in [-0.2, 0) is 17.8 Å². The van der Waals surface area contributed by atoms with Crippen LogP contribution >= 0.6 is 22.9 Å². The Kier molecular flexibility index (Phi) is 6.03. The van der Waals surface area contributed by atoms with E-state index in [4.69, 9.17) is 16.3 Å². The summed E-state index contributed by atoms with van der Waals surface area (Å²) < 4.78 is 5.34. The Morgan fingerprint density at radius 1 is 1.38 bits per heavy atom. The summed E-state index contributed by atoms with van der Waals surface area (Å²) in [5.41, 5.74) is 1.70. The van der Waals surface area contributed by atoms with Crippen LogP contribution in [0.2, 0.25) is 5.02 Å². The maximum Gasteiger partial charge on any atom is 0.319 e. The number of carbonyl (C=O) groups excluding carboxylic acids is 1. The molecule has 1 saturated heterocycles. The van der Waals surface area contributed by atoms with Crippen LogP contribution in [0.1, 0.15) is 10.7 Å². The molecule has 2 aromatic rings. The molecule has 0 saturated carbocycles. The summed E-state index contributed by atoms with van der Waals surface area (Å²) in [7, 11) is 0. The number of carbonyl (C=O) groups is 1. The molecule has 1 aromatic carbocycles. The van der Waals surface area contributed by atoms with Gasteiger partial charge in [-0.1, -0.05) is 17.7 Å². The van der Waals surface area contributed by atoms with Gasteiger partial charge in [0.05, 0.1) is 25.5 Å². The standard InChI is InChI=1S/C16H19ClN4O2S/c17-12-2-1-3-13(8-12)20-16(22)18-9-15-19-14(11-24-15)10-21-4-6-23-7-5-21/h1-3,8,11H,4-7,9-10H2,(H2,18,20,22). The van der Waals surface area contributed by atoms with Crippen molar-refractivity contribution < 1.29 is 9.53 Å². The smallest absolute Gasteiger partial charge is 0.319 e. The molecule has 6 nitrogen and oxygen atoms in total. The van der Waals surface area contributed by atoms with Crippen LogP contribution in [0.15, 0.2) is 29.6 Å². The van der Waals surface area contributed by atoms with E-state index in [2.05, 4.69) is 20.5 Å². The number of halogens is 1. The van der Waals surface area contributed by atoms with Crippen molar-refractivity contribution in [3.05, 3.63) is 45.4 Å². The van der Waals surface area contributed by atoms with E-state index < -0.39 is 0 Å². The van der Waals surface area contributed by atoms with Crippen LogP contribution < -0.4 is 10.6 Å². The van der Waals surface area contributed by atoms with Crippen LogP contribution in [0.3, 0.4) is 0 Å². The highest BCUT2D eigenvalue weighted by Crippen LogP contribution is 2.15. The molecule has 0 radical (unpaired) electrons. The second-order valence-electron chi connectivity index (χ2n) is 5.44. The van der Waals surface area contributed by atoms with Gasteiger partial charge >= 0.3 is 6.03 Å². The summed E-state index contributed by atoms with van der Waals surface area (Å²) in [5, 5.41) is 9.07. The molecule has 2 N–H and O–H groups in total. The first-order valence-corrected chi connectivity index (χ1v) is 8.98. The molecule has 8 heteroatoms. The number of thiazole rings is 1. The largest absolute Gasteiger partial charge is 0.379 e. The molecule has 3 rings (SSSR count). The maximum atomic E-state index is 11.9. The molecule has 0 unspecified atom stereocenters. The molecular weight excluding hydrogens is 348 g/mol. The third-order valence-electron chi connectivity index (χ3n) is 3.57. The summed E-state index contributed by atoms with van der Waals surface area (Å²) in [6, 6.07) is 6.76. The lowest BCUT2D eigenvalue weighted by atomic mass is 10.3. The number of nitrogens with one attached hydrogen (secondary N) is 2. The van der Waals surface area contributed by atoms with Crippen molar-refractivity contribution in [2.45, 2.75) is 13.1 Å². The van der Waals surface area contributed by atoms with E-state index in [0.29, 0.717) is 17.3 Å². The molecule has 128 valence electrons. The number of hydrogen-bond acceptors (Lipinski definition) is 5. The van der Waals surface area contributed by atoms with Crippen molar-refractivity contribution in [3.8, 4) is 0 Å². The summed E-state index contributed by atoms with van der Waals surface area (Å²) in [6.07, 6.45) is 0. The second kappa shape index (κ2) is 8.43. The van der Waals surface area contributed by atoms with E-state index >= 15 is 0 Å². The van der Waals surface area contributed by atoms with E-state index in [1.54, 1.807) is 35.6 Å². The summed E-state index contributed by atoms with van der Waals surface area (Å²) in [5.74, 6) is 0. The minimum atomic E-state index is -0.276. The Bertz CT molecular complexity index is 688. The molecule has 1 aliphatic heterocycles. The van der Waals surface area contributed by atoms with E-state index in [9.17, 15) is 4.79 Å². The lowest BCUT2D eigenvalue weighted by molar-refractivity contribution is 0.0337. The van der Waals surface area contributed by atoms with Crippen molar-refractivity contribution in [3.63, 3.8) is 0 Å². The first kappa shape index (κ1) is 17.2. The van der Waals surface area contributed by atoms with E-state index in [-0.39, 0.29) is 6.03 Å². The number of urea groups is 1. The molecule has 2 amide bonds. The van der Waals surface area contributed by atoms with Gasteiger partial charge in [-0.2, -0.15) is 0 Å². The van der Waals surface area contributed by atoms with Crippen LogP contribution in [0, 0.1) is 0 Å². The highest BCUT2D eigenvalue weighted by molar-refractivity contribution is 7.09. The fourth-order valence-corrected chi connectivity index (χ4v) is 3.30. The Hall–Kier alpha value is -1.67. The number of nitrogens with zero attached hydrogens (tertiary/aromatic N) is 2. The van der Waals surface area contributed by atoms with E-state index in [1.807, 2.05) is 5.38 Å². The number of benzene rings is 1. The topological polar surface area (TPSA) is 66.5 Å². The summed E-state index contributed by atoms with van der Waals surface area (Å²) >= 11 is 7.45. The molecule has 0 aliphatic carbocycles. The Labute approximate surface area is 149 Å². The van der Waals surface area contributed by atoms with Gasteiger partial charge in [0.15, 0.2) is 0 Å². The third kappa shape index (κ3) is 5.17. The first-order chi connectivity index (χ1) is 11.7. The van der Waals surface area contributed by atoms with Crippen LogP contribution in [0.4, 0.5) is 10.5 Å². The highest BCUT2D eigenvalue weighted by Gasteiger charge is 2.13. The molecule has 0 bridgehead atoms. The van der Waals surface area contributed by atoms with Crippen molar-refractivity contribution in [1.29, 1.82) is 0 Å². The van der Waals surface area contributed by atoms with Crippen molar-refractivity contribution in [2.75, 3.05) is 31.6 Å². The van der Waals surface area contributed by atoms with Gasteiger partial charge in [-0.3, -0.25) is 4.90 Å². The van der Waals surface area contributed by atoms with Crippen molar-refractivity contribution in [2.24, 2.45) is 0 Å². The van der Waals surface area contributed by atoms with Gasteiger partial charge in [0.2, 0.25) is 0 Å². The number of amides is 2. The van der Waals surface area contributed by atoms with Gasteiger partial charge in [-0.15, -0.1) is 11.3 Å². The van der Waals surface area contributed by atoms with Gasteiger partial charge in [0.1, 0.15) is 5.01 Å². The maximum absolute atomic E-state index is 11.9. The van der Waals surface area contributed by atoms with Gasteiger partial charge in [-0.25, -0.2) is 9.78 Å². The molecule has 2 heterocycles. The predicted molar refractivity (Wildman–Crippen MR) is 95.5 cm³/mol. The Morgan fingerprint density at radius 2 is 2.21 bits per heavy atom. The van der Waals surface area contributed by atoms with Crippen LogP contribution in [0.5, 0.6) is 0 Å². The summed E-state index contributed by atoms with van der Waals surface area (Å²) in [4.78, 5) is 18.8. The Balaban J connectivity index is 1.45. The zero-order chi connectivity index (χ0) is 16.8. The van der Waals surface area contributed by atoms with E-state index in [1.165, 1.54) is 0 Å². The van der Waals surface area contributed by atoms with Gasteiger partial charge < -0.3 is 15.4 Å². The minimum absolute atomic E-state index is 0.276. The SMILES string of the molecule is O=C(NCc1nc(CN2CCOCC2)cs1)Nc1cccc(Cl)c1. The number of ether oxygens (including phenoxy) is 1. The number of morpholine rings is 1. The molecule has 0 spiro atoms. The van der Waals surface area contributed by atoms with Crippen LogP contribution in [0.25, 0.3) is 0 Å². The number of hydrogen-bond donors (Lipinski definition) is 2. The third-order valence-corrected chi connectivity index (χ3v) is 4.70. The predicted octanol–water partition coefficient (Wildman–Crippen LogP) is 2.95.